The third-order valence-electron chi connectivity index (χ3n) is 2.12. The van der Waals surface area contributed by atoms with Gasteiger partial charge in [0, 0.05) is 11.8 Å². The first kappa shape index (κ1) is 16.8. The van der Waals surface area contributed by atoms with Crippen molar-refractivity contribution >= 4 is 35.0 Å². The maximum absolute atomic E-state index is 11.5. The highest BCUT2D eigenvalue weighted by Gasteiger charge is 2.16. The highest BCUT2D eigenvalue weighted by Crippen LogP contribution is 2.26. The molecule has 1 aromatic rings. The van der Waals surface area contributed by atoms with Crippen molar-refractivity contribution < 1.29 is 14.5 Å². The van der Waals surface area contributed by atoms with Crippen LogP contribution in [-0.4, -0.2) is 22.2 Å². The highest BCUT2D eigenvalue weighted by atomic mass is 35.5. The van der Waals surface area contributed by atoms with Crippen LogP contribution in [0, 0.1) is 10.1 Å². The number of carbonyl (C=O) groups is 1. The normalized spacial score (nSPS) is 11.2. The number of hydrogen-bond donors (Lipinski definition) is 0. The van der Waals surface area contributed by atoms with Crippen LogP contribution in [0.1, 0.15) is 26.3 Å². The van der Waals surface area contributed by atoms with E-state index in [1.54, 1.807) is 26.8 Å². The SMILES string of the molecule is CC(C)(C)OC(=O)CSCc1ccc(Cl)c([N+](=O)[O-])c1. The first-order chi connectivity index (χ1) is 9.19. The third-order valence-corrected chi connectivity index (χ3v) is 3.41. The van der Waals surface area contributed by atoms with Gasteiger partial charge in [0.2, 0.25) is 0 Å². The van der Waals surface area contributed by atoms with Gasteiger partial charge in [0.05, 0.1) is 10.7 Å². The number of rotatable bonds is 5. The molecule has 0 saturated heterocycles. The van der Waals surface area contributed by atoms with E-state index in [0.29, 0.717) is 5.75 Å². The van der Waals surface area contributed by atoms with E-state index < -0.39 is 10.5 Å². The van der Waals surface area contributed by atoms with Gasteiger partial charge >= 0.3 is 5.97 Å². The van der Waals surface area contributed by atoms with Gasteiger partial charge in [-0.2, -0.15) is 0 Å². The van der Waals surface area contributed by atoms with Crippen LogP contribution < -0.4 is 0 Å². The summed E-state index contributed by atoms with van der Waals surface area (Å²) < 4.78 is 5.17. The molecule has 0 fully saturated rings. The van der Waals surface area contributed by atoms with Gasteiger partial charge in [0.15, 0.2) is 0 Å². The molecule has 0 spiro atoms. The Bertz CT molecular complexity index is 514. The number of carbonyl (C=O) groups excluding carboxylic acids is 1. The summed E-state index contributed by atoms with van der Waals surface area (Å²) in [6, 6.07) is 4.62. The van der Waals surface area contributed by atoms with Gasteiger partial charge in [-0.1, -0.05) is 17.7 Å². The van der Waals surface area contributed by atoms with Crippen LogP contribution in [0.2, 0.25) is 5.02 Å². The molecule has 0 N–H and O–H groups in total. The number of nitrogens with zero attached hydrogens (tertiary/aromatic N) is 1. The third kappa shape index (κ3) is 5.79. The first-order valence-corrected chi connectivity index (χ1v) is 7.45. The zero-order valence-electron chi connectivity index (χ0n) is 11.5. The Kier molecular flexibility index (Phi) is 5.83. The number of halogens is 1. The molecule has 110 valence electrons. The van der Waals surface area contributed by atoms with Gasteiger partial charge in [0.1, 0.15) is 10.6 Å². The first-order valence-electron chi connectivity index (χ1n) is 5.91. The van der Waals surface area contributed by atoms with Crippen LogP contribution in [0.4, 0.5) is 5.69 Å². The molecule has 0 atom stereocenters. The second-order valence-corrected chi connectivity index (χ2v) is 6.51. The van der Waals surface area contributed by atoms with E-state index >= 15 is 0 Å². The smallest absolute Gasteiger partial charge is 0.316 e. The van der Waals surface area contributed by atoms with Crippen molar-refractivity contribution in [1.29, 1.82) is 0 Å². The molecule has 0 saturated carbocycles. The van der Waals surface area contributed by atoms with E-state index in [-0.39, 0.29) is 22.4 Å². The molecule has 0 radical (unpaired) electrons. The van der Waals surface area contributed by atoms with E-state index in [9.17, 15) is 14.9 Å². The second-order valence-electron chi connectivity index (χ2n) is 5.12. The van der Waals surface area contributed by atoms with Gasteiger partial charge in [-0.05, 0) is 32.4 Å². The molecule has 0 aromatic heterocycles. The quantitative estimate of drug-likeness (QED) is 0.469. The molecule has 0 heterocycles. The molecule has 0 aliphatic rings. The minimum absolute atomic E-state index is 0.107. The Morgan fingerprint density at radius 3 is 2.65 bits per heavy atom. The van der Waals surface area contributed by atoms with E-state index in [2.05, 4.69) is 0 Å². The van der Waals surface area contributed by atoms with Gasteiger partial charge in [0.25, 0.3) is 5.69 Å². The van der Waals surface area contributed by atoms with Crippen molar-refractivity contribution in [2.45, 2.75) is 32.1 Å². The van der Waals surface area contributed by atoms with Gasteiger partial charge in [-0.3, -0.25) is 14.9 Å². The summed E-state index contributed by atoms with van der Waals surface area (Å²) in [5, 5.41) is 10.9. The van der Waals surface area contributed by atoms with Crippen LogP contribution in [0.5, 0.6) is 0 Å². The number of thioether (sulfide) groups is 1. The zero-order chi connectivity index (χ0) is 15.3. The lowest BCUT2D eigenvalue weighted by Crippen LogP contribution is -2.24. The van der Waals surface area contributed by atoms with Crippen molar-refractivity contribution in [3.8, 4) is 0 Å². The number of benzene rings is 1. The van der Waals surface area contributed by atoms with E-state index in [1.807, 2.05) is 0 Å². The molecule has 1 aromatic carbocycles. The standard InChI is InChI=1S/C13H16ClNO4S/c1-13(2,3)19-12(16)8-20-7-9-4-5-10(14)11(6-9)15(17)18/h4-6H,7-8H2,1-3H3. The lowest BCUT2D eigenvalue weighted by atomic mass is 10.2. The molecule has 0 unspecified atom stereocenters. The number of hydrogen-bond acceptors (Lipinski definition) is 5. The summed E-state index contributed by atoms with van der Waals surface area (Å²) in [4.78, 5) is 21.7. The van der Waals surface area contributed by atoms with Crippen molar-refractivity contribution in [1.82, 2.24) is 0 Å². The summed E-state index contributed by atoms with van der Waals surface area (Å²) in [6.45, 7) is 5.41. The van der Waals surface area contributed by atoms with Crippen LogP contribution in [0.25, 0.3) is 0 Å². The summed E-state index contributed by atoms with van der Waals surface area (Å²) in [5.41, 5.74) is 0.119. The summed E-state index contributed by atoms with van der Waals surface area (Å²) in [6.07, 6.45) is 0. The Balaban J connectivity index is 2.53. The number of ether oxygens (including phenoxy) is 1. The van der Waals surface area contributed by atoms with Crippen LogP contribution in [-0.2, 0) is 15.3 Å². The van der Waals surface area contributed by atoms with Crippen molar-refractivity contribution in [2.24, 2.45) is 0 Å². The number of nitro groups is 1. The fraction of sp³-hybridized carbons (Fsp3) is 0.462. The lowest BCUT2D eigenvalue weighted by Gasteiger charge is -2.19. The maximum atomic E-state index is 11.5. The largest absolute Gasteiger partial charge is 0.459 e. The molecule has 20 heavy (non-hydrogen) atoms. The van der Waals surface area contributed by atoms with E-state index in [1.165, 1.54) is 23.9 Å². The Hall–Kier alpha value is -1.27. The highest BCUT2D eigenvalue weighted by molar-refractivity contribution is 7.99. The molecular weight excluding hydrogens is 302 g/mol. The summed E-state index contributed by atoms with van der Waals surface area (Å²) in [7, 11) is 0. The molecular formula is C13H16ClNO4S. The average molecular weight is 318 g/mol. The van der Waals surface area contributed by atoms with Crippen LogP contribution >= 0.6 is 23.4 Å². The Labute approximate surface area is 126 Å². The maximum Gasteiger partial charge on any atom is 0.316 e. The van der Waals surface area contributed by atoms with E-state index in [4.69, 9.17) is 16.3 Å². The topological polar surface area (TPSA) is 69.4 Å². The number of esters is 1. The predicted molar refractivity (Wildman–Crippen MR) is 80.1 cm³/mol. The molecule has 5 nitrogen and oxygen atoms in total. The molecule has 7 heteroatoms. The van der Waals surface area contributed by atoms with Gasteiger partial charge in [-0.15, -0.1) is 11.8 Å². The fourth-order valence-corrected chi connectivity index (χ4v) is 2.34. The predicted octanol–water partition coefficient (Wildman–Crippen LogP) is 3.82. The zero-order valence-corrected chi connectivity index (χ0v) is 13.1. The van der Waals surface area contributed by atoms with Crippen LogP contribution in [0.15, 0.2) is 18.2 Å². The van der Waals surface area contributed by atoms with E-state index in [0.717, 1.165) is 5.56 Å². The molecule has 0 aliphatic carbocycles. The summed E-state index contributed by atoms with van der Waals surface area (Å²) >= 11 is 7.07. The van der Waals surface area contributed by atoms with Crippen molar-refractivity contribution in [3.05, 3.63) is 38.9 Å². The lowest BCUT2D eigenvalue weighted by molar-refractivity contribution is -0.384. The molecule has 0 aliphatic heterocycles. The Morgan fingerprint density at radius 1 is 1.45 bits per heavy atom. The number of nitro benzene ring substituents is 1. The Morgan fingerprint density at radius 2 is 2.10 bits per heavy atom. The summed E-state index contributed by atoms with van der Waals surface area (Å²) in [5.74, 6) is 0.385. The van der Waals surface area contributed by atoms with Crippen LogP contribution in [0.3, 0.4) is 0 Å². The molecule has 0 bridgehead atoms. The monoisotopic (exact) mass is 317 g/mol. The van der Waals surface area contributed by atoms with Gasteiger partial charge < -0.3 is 4.74 Å². The minimum Gasteiger partial charge on any atom is -0.459 e. The van der Waals surface area contributed by atoms with Crippen molar-refractivity contribution in [3.63, 3.8) is 0 Å². The minimum atomic E-state index is -0.523. The molecule has 0 amide bonds. The second kappa shape index (κ2) is 6.95. The molecule has 1 rings (SSSR count). The average Bonchev–Trinajstić information content (AvgIpc) is 2.28. The fourth-order valence-electron chi connectivity index (χ4n) is 1.41. The van der Waals surface area contributed by atoms with Crippen molar-refractivity contribution in [2.75, 3.05) is 5.75 Å². The van der Waals surface area contributed by atoms with Gasteiger partial charge in [-0.25, -0.2) is 0 Å².